The smallest absolute Gasteiger partial charge is 0.228 e. The van der Waals surface area contributed by atoms with E-state index in [0.29, 0.717) is 29.7 Å². The standard InChI is InChI=1S/C19H26ClN5O2/c1-21-19(22-9-3-11-26-13-14-6-7-14)23-10-8-17-24-18(25-27-17)15-4-2-5-16(20)12-15/h2,4-5,12,14H,3,6-11,13H2,1H3,(H2,21,22,23). The summed E-state index contributed by atoms with van der Waals surface area (Å²) in [6.45, 7) is 3.17. The normalized spacial score (nSPS) is 14.4. The summed E-state index contributed by atoms with van der Waals surface area (Å²) in [4.78, 5) is 8.62. The number of guanidine groups is 1. The van der Waals surface area contributed by atoms with Gasteiger partial charge >= 0.3 is 0 Å². The van der Waals surface area contributed by atoms with Crippen LogP contribution in [0.1, 0.15) is 25.2 Å². The maximum atomic E-state index is 6.00. The highest BCUT2D eigenvalue weighted by Crippen LogP contribution is 2.28. The molecule has 1 aromatic carbocycles. The van der Waals surface area contributed by atoms with Gasteiger partial charge in [0.2, 0.25) is 11.7 Å². The number of aromatic nitrogens is 2. The first-order valence-corrected chi connectivity index (χ1v) is 9.73. The van der Waals surface area contributed by atoms with Crippen molar-refractivity contribution in [2.45, 2.75) is 25.7 Å². The summed E-state index contributed by atoms with van der Waals surface area (Å²) >= 11 is 6.00. The van der Waals surface area contributed by atoms with Crippen LogP contribution < -0.4 is 10.6 Å². The number of aliphatic imine (C=N–C) groups is 1. The molecule has 0 unspecified atom stereocenters. The van der Waals surface area contributed by atoms with Crippen LogP contribution in [0.3, 0.4) is 0 Å². The van der Waals surface area contributed by atoms with E-state index in [1.807, 2.05) is 24.3 Å². The Kier molecular flexibility index (Phi) is 7.47. The molecule has 1 fully saturated rings. The second-order valence-electron chi connectivity index (χ2n) is 6.57. The molecule has 1 heterocycles. The largest absolute Gasteiger partial charge is 0.381 e. The zero-order valence-corrected chi connectivity index (χ0v) is 16.3. The molecule has 1 saturated carbocycles. The lowest BCUT2D eigenvalue weighted by molar-refractivity contribution is 0.123. The molecular weight excluding hydrogens is 366 g/mol. The van der Waals surface area contributed by atoms with Crippen molar-refractivity contribution >= 4 is 17.6 Å². The van der Waals surface area contributed by atoms with Crippen LogP contribution >= 0.6 is 11.6 Å². The SMILES string of the molecule is CN=C(NCCCOCC1CC1)NCCc1nc(-c2cccc(Cl)c2)no1. The highest BCUT2D eigenvalue weighted by atomic mass is 35.5. The van der Waals surface area contributed by atoms with Crippen LogP contribution in [0, 0.1) is 5.92 Å². The molecule has 3 rings (SSSR count). The molecule has 27 heavy (non-hydrogen) atoms. The number of nitrogens with zero attached hydrogens (tertiary/aromatic N) is 3. The van der Waals surface area contributed by atoms with Crippen molar-refractivity contribution in [3.63, 3.8) is 0 Å². The summed E-state index contributed by atoms with van der Waals surface area (Å²) in [5.74, 6) is 2.69. The maximum absolute atomic E-state index is 6.00. The Balaban J connectivity index is 1.33. The molecule has 7 nitrogen and oxygen atoms in total. The minimum atomic E-state index is 0.543. The predicted octanol–water partition coefficient (Wildman–Crippen LogP) is 2.91. The van der Waals surface area contributed by atoms with Crippen molar-refractivity contribution in [3.05, 3.63) is 35.2 Å². The number of benzene rings is 1. The third-order valence-electron chi connectivity index (χ3n) is 4.21. The molecule has 0 spiro atoms. The summed E-state index contributed by atoms with van der Waals surface area (Å²) in [5.41, 5.74) is 0.840. The van der Waals surface area contributed by atoms with E-state index in [-0.39, 0.29) is 0 Å². The molecule has 146 valence electrons. The lowest BCUT2D eigenvalue weighted by Gasteiger charge is -2.11. The zero-order valence-electron chi connectivity index (χ0n) is 15.6. The molecule has 1 aliphatic carbocycles. The third kappa shape index (κ3) is 6.84. The van der Waals surface area contributed by atoms with Gasteiger partial charge in [-0.25, -0.2) is 0 Å². The van der Waals surface area contributed by atoms with Gasteiger partial charge in [0, 0.05) is 50.4 Å². The fourth-order valence-electron chi connectivity index (χ4n) is 2.53. The fourth-order valence-corrected chi connectivity index (χ4v) is 2.72. The van der Waals surface area contributed by atoms with E-state index in [2.05, 4.69) is 25.8 Å². The second kappa shape index (κ2) is 10.3. The van der Waals surface area contributed by atoms with Gasteiger partial charge in [-0.1, -0.05) is 28.9 Å². The minimum absolute atomic E-state index is 0.543. The first-order chi connectivity index (χ1) is 13.2. The molecule has 0 aliphatic heterocycles. The third-order valence-corrected chi connectivity index (χ3v) is 4.45. The van der Waals surface area contributed by atoms with Crippen molar-refractivity contribution in [1.29, 1.82) is 0 Å². The molecule has 1 aromatic heterocycles. The Morgan fingerprint density at radius 2 is 2.19 bits per heavy atom. The Labute approximate surface area is 164 Å². The van der Waals surface area contributed by atoms with E-state index >= 15 is 0 Å². The molecule has 0 bridgehead atoms. The summed E-state index contributed by atoms with van der Waals surface area (Å²) in [6, 6.07) is 7.39. The van der Waals surface area contributed by atoms with Crippen molar-refractivity contribution in [2.24, 2.45) is 10.9 Å². The number of hydrogen-bond donors (Lipinski definition) is 2. The highest BCUT2D eigenvalue weighted by molar-refractivity contribution is 6.30. The first kappa shape index (κ1) is 19.6. The lowest BCUT2D eigenvalue weighted by Crippen LogP contribution is -2.39. The quantitative estimate of drug-likeness (QED) is 0.368. The number of ether oxygens (including phenoxy) is 1. The van der Waals surface area contributed by atoms with Crippen LogP contribution in [0.2, 0.25) is 5.02 Å². The minimum Gasteiger partial charge on any atom is -0.381 e. The predicted molar refractivity (Wildman–Crippen MR) is 106 cm³/mol. The second-order valence-corrected chi connectivity index (χ2v) is 7.01. The van der Waals surface area contributed by atoms with E-state index in [1.165, 1.54) is 12.8 Å². The van der Waals surface area contributed by atoms with Crippen LogP contribution in [0.15, 0.2) is 33.8 Å². The summed E-state index contributed by atoms with van der Waals surface area (Å²) in [6.07, 6.45) is 4.23. The molecule has 0 amide bonds. The van der Waals surface area contributed by atoms with E-state index in [4.69, 9.17) is 20.9 Å². The van der Waals surface area contributed by atoms with Crippen molar-refractivity contribution in [1.82, 2.24) is 20.8 Å². The Morgan fingerprint density at radius 1 is 1.33 bits per heavy atom. The Morgan fingerprint density at radius 3 is 2.96 bits per heavy atom. The van der Waals surface area contributed by atoms with Gasteiger partial charge in [0.15, 0.2) is 5.96 Å². The van der Waals surface area contributed by atoms with Crippen LogP contribution in [0.5, 0.6) is 0 Å². The molecule has 2 N–H and O–H groups in total. The first-order valence-electron chi connectivity index (χ1n) is 9.35. The van der Waals surface area contributed by atoms with E-state index in [0.717, 1.165) is 43.6 Å². The van der Waals surface area contributed by atoms with Crippen molar-refractivity contribution in [2.75, 3.05) is 33.4 Å². The Bertz CT molecular complexity index is 745. The van der Waals surface area contributed by atoms with E-state index in [1.54, 1.807) is 7.05 Å². The van der Waals surface area contributed by atoms with E-state index < -0.39 is 0 Å². The van der Waals surface area contributed by atoms with Crippen molar-refractivity contribution in [3.8, 4) is 11.4 Å². The lowest BCUT2D eigenvalue weighted by atomic mass is 10.2. The summed E-state index contributed by atoms with van der Waals surface area (Å²) in [7, 11) is 1.75. The average molecular weight is 392 g/mol. The van der Waals surface area contributed by atoms with Gasteiger partial charge in [0.1, 0.15) is 0 Å². The number of nitrogens with one attached hydrogen (secondary N) is 2. The molecule has 0 radical (unpaired) electrons. The van der Waals surface area contributed by atoms with Gasteiger partial charge in [0.25, 0.3) is 0 Å². The molecule has 2 aromatic rings. The number of rotatable bonds is 10. The maximum Gasteiger partial charge on any atom is 0.228 e. The van der Waals surface area contributed by atoms with Crippen LogP contribution in [0.4, 0.5) is 0 Å². The Hall–Kier alpha value is -2.12. The summed E-state index contributed by atoms with van der Waals surface area (Å²) < 4.78 is 10.9. The number of halogens is 1. The monoisotopic (exact) mass is 391 g/mol. The fraction of sp³-hybridized carbons (Fsp3) is 0.526. The average Bonchev–Trinajstić information content (AvgIpc) is 3.38. The molecule has 0 saturated heterocycles. The topological polar surface area (TPSA) is 84.6 Å². The zero-order chi connectivity index (χ0) is 18.9. The summed E-state index contributed by atoms with van der Waals surface area (Å²) in [5, 5.41) is 11.2. The van der Waals surface area contributed by atoms with Gasteiger partial charge < -0.3 is 19.9 Å². The van der Waals surface area contributed by atoms with Gasteiger partial charge in [-0.3, -0.25) is 4.99 Å². The number of hydrogen-bond acceptors (Lipinski definition) is 5. The molecule has 8 heteroatoms. The van der Waals surface area contributed by atoms with Gasteiger partial charge in [-0.2, -0.15) is 4.98 Å². The van der Waals surface area contributed by atoms with Crippen LogP contribution in [-0.4, -0.2) is 49.5 Å². The molecular formula is C19H26ClN5O2. The molecule has 1 aliphatic rings. The van der Waals surface area contributed by atoms with Gasteiger partial charge in [0.05, 0.1) is 0 Å². The van der Waals surface area contributed by atoms with Gasteiger partial charge in [-0.05, 0) is 37.3 Å². The highest BCUT2D eigenvalue weighted by Gasteiger charge is 2.20. The van der Waals surface area contributed by atoms with Gasteiger partial charge in [-0.15, -0.1) is 0 Å². The van der Waals surface area contributed by atoms with Crippen LogP contribution in [0.25, 0.3) is 11.4 Å². The van der Waals surface area contributed by atoms with E-state index in [9.17, 15) is 0 Å². The van der Waals surface area contributed by atoms with Crippen LogP contribution in [-0.2, 0) is 11.2 Å². The molecule has 0 atom stereocenters. The van der Waals surface area contributed by atoms with Crippen molar-refractivity contribution < 1.29 is 9.26 Å².